The maximum absolute atomic E-state index is 12.5. The van der Waals surface area contributed by atoms with E-state index in [-0.39, 0.29) is 18.3 Å². The number of hydrogen-bond donors (Lipinski definition) is 1. The number of hydrogen-bond acceptors (Lipinski definition) is 4. The lowest BCUT2D eigenvalue weighted by atomic mass is 10.1. The van der Waals surface area contributed by atoms with Crippen molar-refractivity contribution in [1.82, 2.24) is 0 Å². The number of fused-ring (bicyclic) bond motifs is 1. The van der Waals surface area contributed by atoms with Crippen molar-refractivity contribution in [3.05, 3.63) is 95.6 Å². The van der Waals surface area contributed by atoms with Gasteiger partial charge in [-0.2, -0.15) is 0 Å². The van der Waals surface area contributed by atoms with Crippen molar-refractivity contribution in [2.75, 3.05) is 11.9 Å². The highest BCUT2D eigenvalue weighted by atomic mass is 16.5. The maximum atomic E-state index is 12.5. The minimum absolute atomic E-state index is 0.0110. The van der Waals surface area contributed by atoms with E-state index in [2.05, 4.69) is 5.32 Å². The second-order valence-corrected chi connectivity index (χ2v) is 6.59. The Hall–Kier alpha value is -3.86. The summed E-state index contributed by atoms with van der Waals surface area (Å²) in [6.45, 7) is 0.471. The third-order valence-electron chi connectivity index (χ3n) is 4.43. The Morgan fingerprint density at radius 3 is 2.76 bits per heavy atom. The van der Waals surface area contributed by atoms with Gasteiger partial charge in [0.15, 0.2) is 12.4 Å². The zero-order valence-electron chi connectivity index (χ0n) is 15.6. The van der Waals surface area contributed by atoms with Gasteiger partial charge in [0.2, 0.25) is 0 Å². The van der Waals surface area contributed by atoms with Crippen LogP contribution in [0.3, 0.4) is 0 Å². The van der Waals surface area contributed by atoms with E-state index >= 15 is 0 Å². The van der Waals surface area contributed by atoms with Crippen LogP contribution in [0.25, 0.3) is 6.08 Å². The number of nitrogens with one attached hydrogen (secondary N) is 1. The fourth-order valence-electron chi connectivity index (χ4n) is 2.95. The molecule has 144 valence electrons. The molecule has 4 rings (SSSR count). The second-order valence-electron chi connectivity index (χ2n) is 6.59. The topological polar surface area (TPSA) is 64.6 Å². The third kappa shape index (κ3) is 4.71. The molecule has 0 spiro atoms. The van der Waals surface area contributed by atoms with Gasteiger partial charge in [0, 0.05) is 5.56 Å². The smallest absolute Gasteiger partial charge is 0.262 e. The van der Waals surface area contributed by atoms with E-state index in [0.29, 0.717) is 23.6 Å². The highest BCUT2D eigenvalue weighted by Crippen LogP contribution is 2.28. The summed E-state index contributed by atoms with van der Waals surface area (Å²) in [4.78, 5) is 24.0. The van der Waals surface area contributed by atoms with Crippen molar-refractivity contribution in [2.24, 2.45) is 0 Å². The quantitative estimate of drug-likeness (QED) is 0.501. The molecular weight excluding hydrogens is 366 g/mol. The summed E-state index contributed by atoms with van der Waals surface area (Å²) in [5.74, 6) is 0.902. The molecule has 1 aliphatic heterocycles. The Kier molecular flexibility index (Phi) is 5.38. The van der Waals surface area contributed by atoms with E-state index in [0.717, 1.165) is 16.9 Å². The van der Waals surface area contributed by atoms with Crippen molar-refractivity contribution >= 4 is 23.5 Å². The fraction of sp³-hybridized carbons (Fsp3) is 0.0833. The maximum Gasteiger partial charge on any atom is 0.262 e. The average Bonchev–Trinajstić information content (AvgIpc) is 2.76. The SMILES string of the molecule is O=C1COc2ccc(C(=O)C=Cc3cccc(OCc4ccccc4)c3)cc2N1. The summed E-state index contributed by atoms with van der Waals surface area (Å²) in [7, 11) is 0. The molecule has 0 saturated heterocycles. The van der Waals surface area contributed by atoms with Gasteiger partial charge in [0.1, 0.15) is 18.1 Å². The summed E-state index contributed by atoms with van der Waals surface area (Å²) >= 11 is 0. The minimum Gasteiger partial charge on any atom is -0.489 e. The van der Waals surface area contributed by atoms with Gasteiger partial charge >= 0.3 is 0 Å². The van der Waals surface area contributed by atoms with Crippen LogP contribution in [0.15, 0.2) is 78.9 Å². The number of carbonyl (C=O) groups is 2. The van der Waals surface area contributed by atoms with E-state index in [1.165, 1.54) is 6.08 Å². The number of rotatable bonds is 6. The zero-order valence-corrected chi connectivity index (χ0v) is 15.6. The van der Waals surface area contributed by atoms with Crippen molar-refractivity contribution in [3.8, 4) is 11.5 Å². The van der Waals surface area contributed by atoms with Gasteiger partial charge in [0.25, 0.3) is 5.91 Å². The molecule has 1 aliphatic rings. The van der Waals surface area contributed by atoms with Crippen molar-refractivity contribution < 1.29 is 19.1 Å². The number of carbonyl (C=O) groups excluding carboxylic acids is 2. The predicted octanol–water partition coefficient (Wildman–Crippen LogP) is 4.49. The first-order chi connectivity index (χ1) is 14.2. The third-order valence-corrected chi connectivity index (χ3v) is 4.43. The van der Waals surface area contributed by atoms with Crippen LogP contribution in [-0.2, 0) is 11.4 Å². The highest BCUT2D eigenvalue weighted by molar-refractivity contribution is 6.08. The summed E-state index contributed by atoms with van der Waals surface area (Å²) in [6.07, 6.45) is 3.25. The van der Waals surface area contributed by atoms with Crippen LogP contribution >= 0.6 is 0 Å². The number of ether oxygens (including phenoxy) is 2. The minimum atomic E-state index is -0.232. The fourth-order valence-corrected chi connectivity index (χ4v) is 2.95. The van der Waals surface area contributed by atoms with Crippen molar-refractivity contribution in [2.45, 2.75) is 6.61 Å². The van der Waals surface area contributed by atoms with Crippen LogP contribution in [0.4, 0.5) is 5.69 Å². The Morgan fingerprint density at radius 2 is 1.90 bits per heavy atom. The van der Waals surface area contributed by atoms with Crippen LogP contribution < -0.4 is 14.8 Å². The molecule has 1 N–H and O–H groups in total. The van der Waals surface area contributed by atoms with Crippen LogP contribution in [0, 0.1) is 0 Å². The molecule has 0 unspecified atom stereocenters. The molecule has 0 bridgehead atoms. The second kappa shape index (κ2) is 8.44. The lowest BCUT2D eigenvalue weighted by Crippen LogP contribution is -2.25. The van der Waals surface area contributed by atoms with Crippen LogP contribution in [-0.4, -0.2) is 18.3 Å². The average molecular weight is 385 g/mol. The van der Waals surface area contributed by atoms with Crippen LogP contribution in [0.5, 0.6) is 11.5 Å². The van der Waals surface area contributed by atoms with Crippen LogP contribution in [0.1, 0.15) is 21.5 Å². The van der Waals surface area contributed by atoms with Gasteiger partial charge in [-0.1, -0.05) is 48.5 Å². The van der Waals surface area contributed by atoms with Gasteiger partial charge < -0.3 is 14.8 Å². The zero-order chi connectivity index (χ0) is 20.1. The first kappa shape index (κ1) is 18.5. The Balaban J connectivity index is 1.43. The molecule has 1 amide bonds. The first-order valence-corrected chi connectivity index (χ1v) is 9.23. The number of allylic oxidation sites excluding steroid dienone is 1. The molecule has 0 aromatic heterocycles. The molecule has 0 aliphatic carbocycles. The molecule has 0 radical (unpaired) electrons. The molecule has 0 atom stereocenters. The van der Waals surface area contributed by atoms with Crippen LogP contribution in [0.2, 0.25) is 0 Å². The molecule has 0 fully saturated rings. The molecule has 3 aromatic carbocycles. The Morgan fingerprint density at radius 1 is 1.03 bits per heavy atom. The lowest BCUT2D eigenvalue weighted by molar-refractivity contribution is -0.118. The molecular formula is C24H19NO4. The number of benzene rings is 3. The number of anilines is 1. The highest BCUT2D eigenvalue weighted by Gasteiger charge is 2.17. The van der Waals surface area contributed by atoms with E-state index in [1.807, 2.05) is 54.6 Å². The summed E-state index contributed by atoms with van der Waals surface area (Å²) in [6, 6.07) is 22.5. The number of ketones is 1. The molecule has 5 nitrogen and oxygen atoms in total. The van der Waals surface area contributed by atoms with E-state index in [1.54, 1.807) is 24.3 Å². The van der Waals surface area contributed by atoms with Crippen molar-refractivity contribution in [3.63, 3.8) is 0 Å². The summed E-state index contributed by atoms with van der Waals surface area (Å²) < 4.78 is 11.1. The van der Waals surface area contributed by atoms with Gasteiger partial charge in [-0.05, 0) is 47.5 Å². The summed E-state index contributed by atoms with van der Waals surface area (Å²) in [5, 5.41) is 2.71. The van der Waals surface area contributed by atoms with Gasteiger partial charge in [-0.25, -0.2) is 0 Å². The van der Waals surface area contributed by atoms with E-state index in [4.69, 9.17) is 9.47 Å². The van der Waals surface area contributed by atoms with E-state index in [9.17, 15) is 9.59 Å². The largest absolute Gasteiger partial charge is 0.489 e. The van der Waals surface area contributed by atoms with Gasteiger partial charge in [-0.15, -0.1) is 0 Å². The molecule has 1 heterocycles. The summed E-state index contributed by atoms with van der Waals surface area (Å²) in [5.41, 5.74) is 2.93. The van der Waals surface area contributed by atoms with Gasteiger partial charge in [-0.3, -0.25) is 9.59 Å². The monoisotopic (exact) mass is 385 g/mol. The molecule has 3 aromatic rings. The Labute approximate surface area is 168 Å². The van der Waals surface area contributed by atoms with E-state index < -0.39 is 0 Å². The standard InChI is InChI=1S/C24H19NO4/c26-22(19-10-12-23-21(14-19)25-24(27)16-29-23)11-9-17-7-4-8-20(13-17)28-15-18-5-2-1-3-6-18/h1-14H,15-16H2,(H,25,27). The van der Waals surface area contributed by atoms with Gasteiger partial charge in [0.05, 0.1) is 5.69 Å². The molecule has 29 heavy (non-hydrogen) atoms. The Bertz CT molecular complexity index is 1070. The van der Waals surface area contributed by atoms with Crippen molar-refractivity contribution in [1.29, 1.82) is 0 Å². The normalized spacial score (nSPS) is 12.8. The number of amides is 1. The molecule has 0 saturated carbocycles. The predicted molar refractivity (Wildman–Crippen MR) is 111 cm³/mol. The molecule has 5 heteroatoms. The first-order valence-electron chi connectivity index (χ1n) is 9.23. The lowest BCUT2D eigenvalue weighted by Gasteiger charge is -2.17.